The van der Waals surface area contributed by atoms with Crippen LogP contribution in [0.1, 0.15) is 100 Å². The predicted octanol–water partition coefficient (Wildman–Crippen LogP) is 8.51. The first-order chi connectivity index (χ1) is 34.9. The van der Waals surface area contributed by atoms with E-state index in [2.05, 4.69) is 136 Å². The first-order valence-electron chi connectivity index (χ1n) is 25.9. The van der Waals surface area contributed by atoms with Crippen LogP contribution in [0.2, 0.25) is 0 Å². The van der Waals surface area contributed by atoms with Gasteiger partial charge in [0.2, 0.25) is 11.8 Å². The fourth-order valence-electron chi connectivity index (χ4n) is 13.0. The lowest BCUT2D eigenvalue weighted by molar-refractivity contribution is -0.00312. The first-order valence-corrected chi connectivity index (χ1v) is 25.9. The van der Waals surface area contributed by atoms with Gasteiger partial charge in [0.05, 0.1) is 50.6 Å². The second-order valence-electron chi connectivity index (χ2n) is 21.1. The SMILES string of the molecule is C=NCc1ncc(N2C[C@]3(CC[C@](c4ccccc4)(N(C)CC)CC3)N(CC3CCC3COc3nc(C#N)ccc3N3C[C@]4(CC[C@](c5ccccc5)(N(C)C)CC4)N(CCCOC)C3=O)C2=O)c(OC)n1. The third-order valence-electron chi connectivity index (χ3n) is 17.6. The smallest absolute Gasteiger partial charge is 0.325 e. The molecule has 3 saturated carbocycles. The summed E-state index contributed by atoms with van der Waals surface area (Å²) in [4.78, 5) is 60.6. The number of urea groups is 2. The summed E-state index contributed by atoms with van der Waals surface area (Å²) in [5, 5.41) is 10.1. The zero-order valence-electron chi connectivity index (χ0n) is 43.3. The highest BCUT2D eigenvalue weighted by molar-refractivity contribution is 5.97. The van der Waals surface area contributed by atoms with E-state index in [-0.39, 0.29) is 53.1 Å². The van der Waals surface area contributed by atoms with Crippen molar-refractivity contribution >= 4 is 30.2 Å². The van der Waals surface area contributed by atoms with Crippen molar-refractivity contribution in [3.8, 4) is 17.8 Å². The molecule has 3 aliphatic carbocycles. The van der Waals surface area contributed by atoms with Gasteiger partial charge in [0, 0.05) is 37.9 Å². The number of aliphatic imine (C=N–C) groups is 1. The van der Waals surface area contributed by atoms with Crippen LogP contribution in [-0.4, -0.2) is 146 Å². The Morgan fingerprint density at radius 3 is 1.93 bits per heavy atom. The van der Waals surface area contributed by atoms with Crippen LogP contribution in [0, 0.1) is 23.2 Å². The third-order valence-corrected chi connectivity index (χ3v) is 17.6. The number of anilines is 2. The summed E-state index contributed by atoms with van der Waals surface area (Å²) in [6.07, 6.45) is 11.1. The van der Waals surface area contributed by atoms with Crippen LogP contribution in [0.5, 0.6) is 11.8 Å². The van der Waals surface area contributed by atoms with E-state index in [1.54, 1.807) is 26.5 Å². The molecule has 0 N–H and O–H groups in total. The van der Waals surface area contributed by atoms with E-state index >= 15 is 4.79 Å². The Kier molecular flexibility index (Phi) is 14.9. The average molecular weight is 980 g/mol. The maximum atomic E-state index is 15.1. The number of aromatic nitrogens is 3. The molecule has 72 heavy (non-hydrogen) atoms. The number of methoxy groups -OCH3 is 2. The molecule has 2 aromatic carbocycles. The highest BCUT2D eigenvalue weighted by Gasteiger charge is 2.58. The normalized spacial score (nSPS) is 27.3. The average Bonchev–Trinajstić information content (AvgIpc) is 3.82. The van der Waals surface area contributed by atoms with Crippen molar-refractivity contribution in [2.24, 2.45) is 16.8 Å². The molecule has 2 saturated heterocycles. The molecule has 2 unspecified atom stereocenters. The predicted molar refractivity (Wildman–Crippen MR) is 279 cm³/mol. The van der Waals surface area contributed by atoms with Gasteiger partial charge in [-0.25, -0.2) is 19.6 Å². The van der Waals surface area contributed by atoms with Gasteiger partial charge < -0.3 is 24.0 Å². The van der Waals surface area contributed by atoms with Gasteiger partial charge in [0.25, 0.3) is 0 Å². The highest BCUT2D eigenvalue weighted by Crippen LogP contribution is 2.53. The molecule has 0 radical (unpaired) electrons. The van der Waals surface area contributed by atoms with Crippen molar-refractivity contribution in [1.82, 2.24) is 34.6 Å². The largest absolute Gasteiger partial charge is 0.479 e. The molecule has 2 atom stereocenters. The van der Waals surface area contributed by atoms with Crippen molar-refractivity contribution in [2.45, 2.75) is 106 Å². The standard InChI is InChI=1S/C56H73N11O5/c1-8-63(5)56(44-18-13-10-14-19-44)30-26-54(27-31-56)40-65(47-35-59-48(36-58-2)61-49(47)71-7)52(69)67(54)37-41-20-21-42(41)38-72-50-46(23-22-45(34-57)60-50)64-39-53(66(51(64)68)32-15-33-70-6)24-28-55(29-25-53,62(3)4)43-16-11-9-12-17-43/h9-14,16-19,22-23,35,41-42H,2,8,15,20-21,24-33,36-40H2,1,3-7H3/t41?,42?,53-,54-,55+,56+. The van der Waals surface area contributed by atoms with E-state index in [1.807, 2.05) is 15.9 Å². The minimum absolute atomic E-state index is 0.0774. The number of carbonyl (C=O) groups excluding carboxylic acids is 2. The van der Waals surface area contributed by atoms with Crippen LogP contribution in [0.3, 0.4) is 0 Å². The number of rotatable bonds is 19. The Bertz CT molecular complexity index is 2590. The van der Waals surface area contributed by atoms with Crippen LogP contribution in [0.4, 0.5) is 21.0 Å². The molecule has 0 bridgehead atoms. The summed E-state index contributed by atoms with van der Waals surface area (Å²) in [5.74, 6) is 1.38. The topological polar surface area (TPSA) is 156 Å². The number of hydrogen-bond acceptors (Lipinski definition) is 12. The molecule has 2 aliphatic heterocycles. The van der Waals surface area contributed by atoms with Crippen LogP contribution in [0.25, 0.3) is 0 Å². The lowest BCUT2D eigenvalue weighted by atomic mass is 9.67. The Morgan fingerprint density at radius 2 is 1.36 bits per heavy atom. The van der Waals surface area contributed by atoms with Gasteiger partial charge in [-0.2, -0.15) is 10.2 Å². The minimum Gasteiger partial charge on any atom is -0.479 e. The van der Waals surface area contributed by atoms with Gasteiger partial charge in [0.1, 0.15) is 23.1 Å². The molecule has 5 aliphatic rings. The molecule has 4 aromatic rings. The quantitative estimate of drug-likeness (QED) is 0.0656. The zero-order valence-corrected chi connectivity index (χ0v) is 43.3. The molecule has 382 valence electrons. The van der Waals surface area contributed by atoms with E-state index in [9.17, 15) is 10.1 Å². The number of hydrogen-bond donors (Lipinski definition) is 0. The van der Waals surface area contributed by atoms with Gasteiger partial charge in [0.15, 0.2) is 5.82 Å². The van der Waals surface area contributed by atoms with E-state index in [4.69, 9.17) is 19.2 Å². The Balaban J connectivity index is 0.963. The number of amides is 4. The summed E-state index contributed by atoms with van der Waals surface area (Å²) in [5.41, 5.74) is 2.80. The molecule has 4 amide bonds. The lowest BCUT2D eigenvalue weighted by Crippen LogP contribution is -2.57. The Hall–Kier alpha value is -6.15. The highest BCUT2D eigenvalue weighted by atomic mass is 16.5. The molecule has 9 rings (SSSR count). The van der Waals surface area contributed by atoms with Crippen LogP contribution >= 0.6 is 0 Å². The summed E-state index contributed by atoms with van der Waals surface area (Å²) in [7, 11) is 9.81. The van der Waals surface area contributed by atoms with Crippen LogP contribution in [-0.2, 0) is 22.4 Å². The summed E-state index contributed by atoms with van der Waals surface area (Å²) < 4.78 is 18.0. The maximum Gasteiger partial charge on any atom is 0.325 e. The lowest BCUT2D eigenvalue weighted by Gasteiger charge is -2.52. The molecular weight excluding hydrogens is 907 g/mol. The fourth-order valence-corrected chi connectivity index (χ4v) is 13.0. The van der Waals surface area contributed by atoms with Crippen molar-refractivity contribution in [3.63, 3.8) is 0 Å². The minimum atomic E-state index is -0.444. The Labute approximate surface area is 426 Å². The van der Waals surface area contributed by atoms with Crippen LogP contribution < -0.4 is 19.3 Å². The molecule has 2 aromatic heterocycles. The number of ether oxygens (including phenoxy) is 3. The van der Waals surface area contributed by atoms with E-state index < -0.39 is 11.1 Å². The summed E-state index contributed by atoms with van der Waals surface area (Å²) in [6.45, 7) is 9.97. The molecule has 5 fully saturated rings. The molecule has 16 nitrogen and oxygen atoms in total. The second kappa shape index (κ2) is 21.1. The van der Waals surface area contributed by atoms with Crippen molar-refractivity contribution < 1.29 is 23.8 Å². The maximum absolute atomic E-state index is 15.1. The zero-order chi connectivity index (χ0) is 50.7. The fraction of sp³-hybridized carbons (Fsp3) is 0.554. The third kappa shape index (κ3) is 9.17. The van der Waals surface area contributed by atoms with Gasteiger partial charge >= 0.3 is 12.1 Å². The van der Waals surface area contributed by atoms with Gasteiger partial charge in [-0.1, -0.05) is 67.6 Å². The van der Waals surface area contributed by atoms with E-state index in [0.29, 0.717) is 62.5 Å². The number of nitrogens with zero attached hydrogens (tertiary/aromatic N) is 11. The number of nitriles is 1. The Morgan fingerprint density at radius 1 is 0.764 bits per heavy atom. The van der Waals surface area contributed by atoms with Gasteiger partial charge in [-0.05, 0) is 140 Å². The van der Waals surface area contributed by atoms with Crippen molar-refractivity contribution in [3.05, 3.63) is 102 Å². The molecule has 16 heteroatoms. The van der Waals surface area contributed by atoms with E-state index in [1.165, 1.54) is 11.1 Å². The number of pyridine rings is 1. The first kappa shape index (κ1) is 50.8. The molecular formula is C56H73N11O5. The van der Waals surface area contributed by atoms with Gasteiger partial charge in [-0.3, -0.25) is 24.6 Å². The van der Waals surface area contributed by atoms with Crippen molar-refractivity contribution in [2.75, 3.05) is 91.1 Å². The molecule has 4 heterocycles. The second-order valence-corrected chi connectivity index (χ2v) is 21.1. The summed E-state index contributed by atoms with van der Waals surface area (Å²) >= 11 is 0. The molecule has 2 spiro atoms. The van der Waals surface area contributed by atoms with Gasteiger partial charge in [-0.15, -0.1) is 0 Å². The summed E-state index contributed by atoms with van der Waals surface area (Å²) in [6, 6.07) is 27.1. The van der Waals surface area contributed by atoms with E-state index in [0.717, 1.165) is 77.2 Å². The van der Waals surface area contributed by atoms with Crippen molar-refractivity contribution in [1.29, 1.82) is 5.26 Å². The number of carbonyl (C=O) groups is 2. The number of benzene rings is 2. The monoisotopic (exact) mass is 980 g/mol. The van der Waals surface area contributed by atoms with Crippen LogP contribution in [0.15, 0.2) is 84.0 Å².